The molecule has 0 radical (unpaired) electrons. The van der Waals surface area contributed by atoms with Gasteiger partial charge in [-0.3, -0.25) is 9.59 Å². The van der Waals surface area contributed by atoms with E-state index in [2.05, 4.69) is 142 Å². The third-order valence-corrected chi connectivity index (χ3v) is 8.94. The van der Waals surface area contributed by atoms with Crippen LogP contribution in [-0.2, 0) is 23.8 Å². The van der Waals surface area contributed by atoms with Crippen LogP contribution in [0.3, 0.4) is 0 Å². The molecular weight excluding hydrogens is 717 g/mol. The highest BCUT2D eigenvalue weighted by atomic mass is 16.6. The van der Waals surface area contributed by atoms with Gasteiger partial charge in [0.2, 0.25) is 0 Å². The van der Waals surface area contributed by atoms with Crippen molar-refractivity contribution >= 4 is 11.9 Å². The predicted octanol–water partition coefficient (Wildman–Crippen LogP) is 15.4. The molecule has 0 heterocycles. The summed E-state index contributed by atoms with van der Waals surface area (Å²) in [5.41, 5.74) is 0. The number of hydrogen-bond donors (Lipinski definition) is 0. The molecule has 0 aliphatic carbocycles. The third kappa shape index (κ3) is 45.0. The molecule has 5 nitrogen and oxygen atoms in total. The van der Waals surface area contributed by atoms with Gasteiger partial charge in [0.25, 0.3) is 0 Å². The molecule has 0 rings (SSSR count). The quantitative estimate of drug-likeness (QED) is 0.0351. The minimum atomic E-state index is -0.596. The van der Waals surface area contributed by atoms with Crippen LogP contribution in [0.25, 0.3) is 0 Å². The Morgan fingerprint density at radius 3 is 1.28 bits per heavy atom. The lowest BCUT2D eigenvalue weighted by Crippen LogP contribution is -2.30. The number of hydrogen-bond acceptors (Lipinski definition) is 5. The van der Waals surface area contributed by atoms with Crippen molar-refractivity contribution in [2.45, 2.75) is 181 Å². The standard InChI is InChI=1S/C53H84O5/c1-4-7-10-13-16-19-22-25-27-29-31-34-37-40-43-46-52(54)57-50-51(49-56-48-45-42-39-36-33-30-26-23-20-17-14-11-8-5-2)58-53(55)47-44-41-38-35-32-28-24-21-18-15-12-9-6-3/h7-8,10-12,15-17,19-21,24-27,30-31,34,36,39,51H,4-6,9,13-14,18,22-23,28-29,32-33,35,37-38,40-50H2,1-3H3/b10-7-,11-8-,15-12-,19-16-,20-17-,24-21-,27-25-,30-26-,34-31-,39-36-. The van der Waals surface area contributed by atoms with E-state index in [1.807, 2.05) is 0 Å². The van der Waals surface area contributed by atoms with E-state index < -0.39 is 6.10 Å². The van der Waals surface area contributed by atoms with E-state index in [0.717, 1.165) is 122 Å². The van der Waals surface area contributed by atoms with Crippen LogP contribution in [0.1, 0.15) is 175 Å². The summed E-state index contributed by atoms with van der Waals surface area (Å²) in [5.74, 6) is -0.505. The van der Waals surface area contributed by atoms with Crippen LogP contribution >= 0.6 is 0 Å². The second-order valence-corrected chi connectivity index (χ2v) is 14.5. The molecule has 0 aliphatic rings. The highest BCUT2D eigenvalue weighted by Crippen LogP contribution is 2.11. The Balaban J connectivity index is 4.48. The third-order valence-electron chi connectivity index (χ3n) is 8.94. The van der Waals surface area contributed by atoms with Crippen LogP contribution in [-0.4, -0.2) is 37.9 Å². The summed E-state index contributed by atoms with van der Waals surface area (Å²) < 4.78 is 17.2. The van der Waals surface area contributed by atoms with Gasteiger partial charge in [0.1, 0.15) is 6.61 Å². The van der Waals surface area contributed by atoms with Gasteiger partial charge in [0.15, 0.2) is 6.10 Å². The molecule has 0 saturated heterocycles. The Labute approximate surface area is 356 Å². The van der Waals surface area contributed by atoms with Crippen molar-refractivity contribution in [3.8, 4) is 0 Å². The van der Waals surface area contributed by atoms with E-state index in [1.165, 1.54) is 19.3 Å². The van der Waals surface area contributed by atoms with Gasteiger partial charge in [-0.2, -0.15) is 0 Å². The molecule has 0 spiro atoms. The van der Waals surface area contributed by atoms with Crippen molar-refractivity contribution in [2.24, 2.45) is 0 Å². The largest absolute Gasteiger partial charge is 0.462 e. The van der Waals surface area contributed by atoms with E-state index in [-0.39, 0.29) is 25.2 Å². The van der Waals surface area contributed by atoms with E-state index in [4.69, 9.17) is 14.2 Å². The van der Waals surface area contributed by atoms with Gasteiger partial charge in [-0.15, -0.1) is 0 Å². The fourth-order valence-electron chi connectivity index (χ4n) is 5.60. The van der Waals surface area contributed by atoms with Gasteiger partial charge >= 0.3 is 11.9 Å². The topological polar surface area (TPSA) is 61.8 Å². The molecule has 5 heteroatoms. The number of ether oxygens (including phenoxy) is 3. The summed E-state index contributed by atoms with van der Waals surface area (Å²) in [4.78, 5) is 25.3. The summed E-state index contributed by atoms with van der Waals surface area (Å²) in [6.07, 6.45) is 66.4. The predicted molar refractivity (Wildman–Crippen MR) is 251 cm³/mol. The van der Waals surface area contributed by atoms with Gasteiger partial charge < -0.3 is 14.2 Å². The molecule has 0 bridgehead atoms. The summed E-state index contributed by atoms with van der Waals surface area (Å²) >= 11 is 0. The minimum Gasteiger partial charge on any atom is -0.462 e. The monoisotopic (exact) mass is 801 g/mol. The van der Waals surface area contributed by atoms with Crippen LogP contribution in [0.4, 0.5) is 0 Å². The second-order valence-electron chi connectivity index (χ2n) is 14.5. The summed E-state index contributed by atoms with van der Waals surface area (Å²) in [5, 5.41) is 0. The lowest BCUT2D eigenvalue weighted by atomic mass is 10.1. The zero-order valence-electron chi connectivity index (χ0n) is 37.3. The molecule has 58 heavy (non-hydrogen) atoms. The van der Waals surface area contributed by atoms with Crippen molar-refractivity contribution in [1.82, 2.24) is 0 Å². The SMILES string of the molecule is CC/C=C\C/C=C\C/C=C\C/C=C\CCCCC(=O)OCC(COCCC/C=C\C/C=C\C/C=C\C/C=C\CC)OC(=O)CCCCCCC/C=C\C/C=C\CCC. The fourth-order valence-corrected chi connectivity index (χ4v) is 5.60. The Hall–Kier alpha value is -3.70. The van der Waals surface area contributed by atoms with Crippen LogP contribution in [0.5, 0.6) is 0 Å². The van der Waals surface area contributed by atoms with Crippen molar-refractivity contribution in [2.75, 3.05) is 19.8 Å². The fraction of sp³-hybridized carbons (Fsp3) is 0.585. The van der Waals surface area contributed by atoms with Crippen LogP contribution in [0.2, 0.25) is 0 Å². The average Bonchev–Trinajstić information content (AvgIpc) is 3.22. The first-order valence-corrected chi connectivity index (χ1v) is 23.1. The zero-order chi connectivity index (χ0) is 42.1. The van der Waals surface area contributed by atoms with Crippen molar-refractivity contribution < 1.29 is 23.8 Å². The number of rotatable bonds is 40. The lowest BCUT2D eigenvalue weighted by molar-refractivity contribution is -0.163. The first kappa shape index (κ1) is 54.3. The van der Waals surface area contributed by atoms with E-state index in [9.17, 15) is 9.59 Å². The summed E-state index contributed by atoms with van der Waals surface area (Å²) in [6, 6.07) is 0. The summed E-state index contributed by atoms with van der Waals surface area (Å²) in [6.45, 7) is 7.31. The highest BCUT2D eigenvalue weighted by Gasteiger charge is 2.17. The Morgan fingerprint density at radius 1 is 0.397 bits per heavy atom. The Bertz CT molecular complexity index is 1220. The molecule has 0 aromatic heterocycles. The zero-order valence-corrected chi connectivity index (χ0v) is 37.3. The molecule has 1 unspecified atom stereocenters. The van der Waals surface area contributed by atoms with Crippen molar-refractivity contribution in [1.29, 1.82) is 0 Å². The maximum absolute atomic E-state index is 12.7. The van der Waals surface area contributed by atoms with Gasteiger partial charge in [0, 0.05) is 19.4 Å². The van der Waals surface area contributed by atoms with E-state index in [1.54, 1.807) is 0 Å². The normalized spacial score (nSPS) is 13.4. The van der Waals surface area contributed by atoms with Gasteiger partial charge in [-0.25, -0.2) is 0 Å². The van der Waals surface area contributed by atoms with Gasteiger partial charge in [-0.05, 0) is 116 Å². The molecule has 0 aliphatic heterocycles. The molecule has 0 fully saturated rings. The number of unbranched alkanes of at least 4 members (excludes halogenated alkanes) is 9. The van der Waals surface area contributed by atoms with Crippen LogP contribution < -0.4 is 0 Å². The second kappa shape index (κ2) is 47.7. The number of esters is 2. The molecular formula is C53H84O5. The highest BCUT2D eigenvalue weighted by molar-refractivity contribution is 5.70. The smallest absolute Gasteiger partial charge is 0.306 e. The first-order valence-electron chi connectivity index (χ1n) is 23.1. The first-order chi connectivity index (χ1) is 28.6. The number of allylic oxidation sites excluding steroid dienone is 20. The Kier molecular flexibility index (Phi) is 44.6. The molecule has 0 N–H and O–H groups in total. The maximum Gasteiger partial charge on any atom is 0.306 e. The minimum absolute atomic E-state index is 0.0280. The van der Waals surface area contributed by atoms with Gasteiger partial charge in [-0.1, -0.05) is 168 Å². The molecule has 0 amide bonds. The van der Waals surface area contributed by atoms with Crippen LogP contribution in [0, 0.1) is 0 Å². The molecule has 0 aromatic carbocycles. The summed E-state index contributed by atoms with van der Waals surface area (Å²) in [7, 11) is 0. The van der Waals surface area contributed by atoms with Crippen molar-refractivity contribution in [3.63, 3.8) is 0 Å². The molecule has 326 valence electrons. The average molecular weight is 801 g/mol. The van der Waals surface area contributed by atoms with Crippen LogP contribution in [0.15, 0.2) is 122 Å². The number of carbonyl (C=O) groups is 2. The van der Waals surface area contributed by atoms with Gasteiger partial charge in [0.05, 0.1) is 6.61 Å². The Morgan fingerprint density at radius 2 is 0.776 bits per heavy atom. The molecule has 0 saturated carbocycles. The maximum atomic E-state index is 12.7. The van der Waals surface area contributed by atoms with E-state index in [0.29, 0.717) is 19.4 Å². The van der Waals surface area contributed by atoms with Crippen molar-refractivity contribution in [3.05, 3.63) is 122 Å². The molecule has 0 aromatic rings. The number of carbonyl (C=O) groups excluding carboxylic acids is 2. The lowest BCUT2D eigenvalue weighted by Gasteiger charge is -2.18. The molecule has 1 atom stereocenters. The van der Waals surface area contributed by atoms with E-state index >= 15 is 0 Å².